The van der Waals surface area contributed by atoms with E-state index >= 15 is 0 Å². The van der Waals surface area contributed by atoms with E-state index in [0.29, 0.717) is 23.8 Å². The van der Waals surface area contributed by atoms with E-state index in [9.17, 15) is 9.18 Å². The maximum atomic E-state index is 13.1. The first-order valence-electron chi connectivity index (χ1n) is 6.14. The van der Waals surface area contributed by atoms with Crippen molar-refractivity contribution in [2.24, 2.45) is 0 Å². The minimum atomic E-state index is -0.417. The number of hydrogen-bond donors (Lipinski definition) is 1. The number of Topliss-reactive ketones (excluding diaryl/α,β-unsaturated/α-hetero) is 1. The third kappa shape index (κ3) is 4.45. The molecule has 0 atom stereocenters. The number of hydrogen-bond acceptors (Lipinski definition) is 3. The maximum absolute atomic E-state index is 13.1. The lowest BCUT2D eigenvalue weighted by atomic mass is 10.1. The van der Waals surface area contributed by atoms with Crippen LogP contribution in [0.25, 0.3) is 0 Å². The van der Waals surface area contributed by atoms with E-state index in [1.807, 2.05) is 0 Å². The molecule has 4 heteroatoms. The highest BCUT2D eigenvalue weighted by molar-refractivity contribution is 5.98. The van der Waals surface area contributed by atoms with Gasteiger partial charge in [0.25, 0.3) is 0 Å². The quantitative estimate of drug-likeness (QED) is 0.600. The molecule has 0 bridgehead atoms. The summed E-state index contributed by atoms with van der Waals surface area (Å²) >= 11 is 0. The molecule has 0 aliphatic carbocycles. The van der Waals surface area contributed by atoms with Crippen LogP contribution < -0.4 is 10.1 Å². The summed E-state index contributed by atoms with van der Waals surface area (Å²) in [6.45, 7) is 4.88. The fraction of sp³-hybridized carbons (Fsp3) is 0.500. The van der Waals surface area contributed by atoms with Gasteiger partial charge in [-0.25, -0.2) is 4.39 Å². The molecule has 18 heavy (non-hydrogen) atoms. The van der Waals surface area contributed by atoms with E-state index in [2.05, 4.69) is 19.2 Å². The van der Waals surface area contributed by atoms with Crippen LogP contribution in [0.4, 0.5) is 4.39 Å². The number of halogens is 1. The van der Waals surface area contributed by atoms with Crippen LogP contribution in [0.2, 0.25) is 0 Å². The van der Waals surface area contributed by atoms with Crippen LogP contribution in [0.15, 0.2) is 18.2 Å². The van der Waals surface area contributed by atoms with Gasteiger partial charge < -0.3 is 10.1 Å². The van der Waals surface area contributed by atoms with Gasteiger partial charge in [0.1, 0.15) is 11.6 Å². The van der Waals surface area contributed by atoms with Crippen LogP contribution in [-0.4, -0.2) is 25.5 Å². The highest BCUT2D eigenvalue weighted by atomic mass is 19.1. The summed E-state index contributed by atoms with van der Waals surface area (Å²) in [7, 11) is 1.48. The Kier molecular flexibility index (Phi) is 5.78. The van der Waals surface area contributed by atoms with Crippen molar-refractivity contribution in [1.29, 1.82) is 0 Å². The zero-order chi connectivity index (χ0) is 13.5. The van der Waals surface area contributed by atoms with Gasteiger partial charge in [0.05, 0.1) is 12.7 Å². The Hall–Kier alpha value is -1.42. The Bertz CT molecular complexity index is 405. The standard InChI is InChI=1S/C14H20FNO2/c1-10(2)16-8-4-5-13(17)12-9-11(15)6-7-14(12)18-3/h6-7,9-10,16H,4-5,8H2,1-3H3. The summed E-state index contributed by atoms with van der Waals surface area (Å²) in [6.07, 6.45) is 1.12. The van der Waals surface area contributed by atoms with Gasteiger partial charge in [-0.1, -0.05) is 13.8 Å². The minimum absolute atomic E-state index is 0.0862. The summed E-state index contributed by atoms with van der Waals surface area (Å²) < 4.78 is 18.2. The van der Waals surface area contributed by atoms with Gasteiger partial charge in [0.15, 0.2) is 5.78 Å². The molecule has 0 spiro atoms. The summed E-state index contributed by atoms with van der Waals surface area (Å²) in [6, 6.07) is 4.41. The third-order valence-corrected chi connectivity index (χ3v) is 2.60. The molecule has 100 valence electrons. The molecule has 0 radical (unpaired) electrons. The second-order valence-electron chi connectivity index (χ2n) is 4.48. The highest BCUT2D eigenvalue weighted by Gasteiger charge is 2.12. The Morgan fingerprint density at radius 1 is 1.44 bits per heavy atom. The lowest BCUT2D eigenvalue weighted by Gasteiger charge is -2.09. The third-order valence-electron chi connectivity index (χ3n) is 2.60. The van der Waals surface area contributed by atoms with Crippen molar-refractivity contribution in [1.82, 2.24) is 5.32 Å². The predicted octanol–water partition coefficient (Wildman–Crippen LogP) is 2.80. The first-order chi connectivity index (χ1) is 8.54. The molecular formula is C14H20FNO2. The fourth-order valence-electron chi connectivity index (χ4n) is 1.67. The predicted molar refractivity (Wildman–Crippen MR) is 69.7 cm³/mol. The number of methoxy groups -OCH3 is 1. The molecule has 0 heterocycles. The Labute approximate surface area is 107 Å². The minimum Gasteiger partial charge on any atom is -0.496 e. The smallest absolute Gasteiger partial charge is 0.166 e. The monoisotopic (exact) mass is 253 g/mol. The lowest BCUT2D eigenvalue weighted by Crippen LogP contribution is -2.24. The average molecular weight is 253 g/mol. The van der Waals surface area contributed by atoms with Crippen molar-refractivity contribution >= 4 is 5.78 Å². The van der Waals surface area contributed by atoms with Gasteiger partial charge in [-0.05, 0) is 31.2 Å². The molecular weight excluding hydrogens is 233 g/mol. The first kappa shape index (κ1) is 14.6. The molecule has 0 aliphatic rings. The van der Waals surface area contributed by atoms with Crippen LogP contribution in [0.1, 0.15) is 37.0 Å². The summed E-state index contributed by atoms with van der Waals surface area (Å²) in [5.41, 5.74) is 0.321. The van der Waals surface area contributed by atoms with Gasteiger partial charge in [0, 0.05) is 12.5 Å². The largest absolute Gasteiger partial charge is 0.496 e. The fourth-order valence-corrected chi connectivity index (χ4v) is 1.67. The van der Waals surface area contributed by atoms with Crippen LogP contribution in [-0.2, 0) is 0 Å². The second-order valence-corrected chi connectivity index (χ2v) is 4.48. The molecule has 0 unspecified atom stereocenters. The van der Waals surface area contributed by atoms with E-state index in [4.69, 9.17) is 4.74 Å². The van der Waals surface area contributed by atoms with Crippen molar-refractivity contribution in [3.8, 4) is 5.75 Å². The second kappa shape index (κ2) is 7.11. The summed E-state index contributed by atoms with van der Waals surface area (Å²) in [5, 5.41) is 3.23. The molecule has 1 rings (SSSR count). The zero-order valence-electron chi connectivity index (χ0n) is 11.1. The number of ketones is 1. The maximum Gasteiger partial charge on any atom is 0.166 e. The lowest BCUT2D eigenvalue weighted by molar-refractivity contribution is 0.0976. The van der Waals surface area contributed by atoms with Gasteiger partial charge in [0.2, 0.25) is 0 Å². The van der Waals surface area contributed by atoms with Crippen molar-refractivity contribution in [3.63, 3.8) is 0 Å². The van der Waals surface area contributed by atoms with E-state index in [1.54, 1.807) is 0 Å². The van der Waals surface area contributed by atoms with Gasteiger partial charge in [-0.15, -0.1) is 0 Å². The number of carbonyl (C=O) groups excluding carboxylic acids is 1. The van der Waals surface area contributed by atoms with Gasteiger partial charge in [-0.2, -0.15) is 0 Å². The number of nitrogens with one attached hydrogen (secondary N) is 1. The van der Waals surface area contributed by atoms with Crippen molar-refractivity contribution in [2.75, 3.05) is 13.7 Å². The Morgan fingerprint density at radius 3 is 2.78 bits per heavy atom. The molecule has 0 amide bonds. The number of carbonyl (C=O) groups is 1. The normalized spacial score (nSPS) is 10.7. The topological polar surface area (TPSA) is 38.3 Å². The van der Waals surface area contributed by atoms with Crippen LogP contribution in [0, 0.1) is 5.82 Å². The van der Waals surface area contributed by atoms with Gasteiger partial charge in [-0.3, -0.25) is 4.79 Å². The zero-order valence-corrected chi connectivity index (χ0v) is 11.1. The highest BCUT2D eigenvalue weighted by Crippen LogP contribution is 2.21. The molecule has 0 saturated carbocycles. The molecule has 0 saturated heterocycles. The Morgan fingerprint density at radius 2 is 2.17 bits per heavy atom. The first-order valence-corrected chi connectivity index (χ1v) is 6.14. The van der Waals surface area contributed by atoms with E-state index < -0.39 is 5.82 Å². The van der Waals surface area contributed by atoms with E-state index in [1.165, 1.54) is 25.3 Å². The van der Waals surface area contributed by atoms with Crippen LogP contribution in [0.3, 0.4) is 0 Å². The van der Waals surface area contributed by atoms with Crippen LogP contribution in [0.5, 0.6) is 5.75 Å². The Balaban J connectivity index is 2.58. The SMILES string of the molecule is COc1ccc(F)cc1C(=O)CCCNC(C)C. The molecule has 1 N–H and O–H groups in total. The van der Waals surface area contributed by atoms with Crippen molar-refractivity contribution in [3.05, 3.63) is 29.6 Å². The number of rotatable bonds is 7. The summed E-state index contributed by atoms with van der Waals surface area (Å²) in [5.74, 6) is -0.0745. The van der Waals surface area contributed by atoms with Crippen molar-refractivity contribution < 1.29 is 13.9 Å². The van der Waals surface area contributed by atoms with E-state index in [0.717, 1.165) is 13.0 Å². The molecule has 0 aromatic heterocycles. The summed E-state index contributed by atoms with van der Waals surface area (Å²) in [4.78, 5) is 11.9. The molecule has 1 aromatic carbocycles. The molecule has 1 aromatic rings. The molecule has 0 fully saturated rings. The average Bonchev–Trinajstić information content (AvgIpc) is 2.34. The molecule has 3 nitrogen and oxygen atoms in total. The molecule has 0 aliphatic heterocycles. The van der Waals surface area contributed by atoms with Crippen molar-refractivity contribution in [2.45, 2.75) is 32.7 Å². The van der Waals surface area contributed by atoms with Crippen LogP contribution >= 0.6 is 0 Å². The number of ether oxygens (including phenoxy) is 1. The van der Waals surface area contributed by atoms with Gasteiger partial charge >= 0.3 is 0 Å². The number of benzene rings is 1. The van der Waals surface area contributed by atoms with E-state index in [-0.39, 0.29) is 5.78 Å².